The van der Waals surface area contributed by atoms with E-state index in [1.54, 1.807) is 7.11 Å². The largest absolute Gasteiger partial charge is 0.465 e. The summed E-state index contributed by atoms with van der Waals surface area (Å²) < 4.78 is 10.9. The van der Waals surface area contributed by atoms with Crippen LogP contribution in [0.25, 0.3) is 0 Å². The van der Waals surface area contributed by atoms with Gasteiger partial charge in [0.15, 0.2) is 0 Å². The molecular formula is C28H57NO3. The fourth-order valence-electron chi connectivity index (χ4n) is 4.25. The second kappa shape index (κ2) is 25.0. The minimum Gasteiger partial charge on any atom is -0.465 e. The summed E-state index contributed by atoms with van der Waals surface area (Å²) in [6.45, 7) is 11.7. The lowest BCUT2D eigenvalue weighted by atomic mass is 9.94. The number of nitrogens with zero attached hydrogens (tertiary/aromatic N) is 1. The monoisotopic (exact) mass is 455 g/mol. The molecule has 0 heterocycles. The van der Waals surface area contributed by atoms with Crippen LogP contribution in [0.4, 0.5) is 0 Å². The second-order valence-electron chi connectivity index (χ2n) is 9.52. The molecule has 0 aromatic heterocycles. The average molecular weight is 456 g/mol. The third-order valence-electron chi connectivity index (χ3n) is 6.41. The van der Waals surface area contributed by atoms with E-state index >= 15 is 0 Å². The number of carbonyl (C=O) groups is 1. The lowest BCUT2D eigenvalue weighted by Crippen LogP contribution is -2.28. The van der Waals surface area contributed by atoms with Gasteiger partial charge in [-0.05, 0) is 51.6 Å². The highest BCUT2D eigenvalue weighted by Crippen LogP contribution is 2.20. The van der Waals surface area contributed by atoms with Crippen LogP contribution < -0.4 is 0 Å². The van der Waals surface area contributed by atoms with Crippen molar-refractivity contribution in [1.82, 2.24) is 4.90 Å². The van der Waals surface area contributed by atoms with E-state index in [1.165, 1.54) is 90.1 Å². The topological polar surface area (TPSA) is 38.8 Å². The van der Waals surface area contributed by atoms with Gasteiger partial charge in [-0.1, -0.05) is 91.4 Å². The molecule has 0 saturated heterocycles. The number of carbonyl (C=O) groups excluding carboxylic acids is 1. The van der Waals surface area contributed by atoms with E-state index in [-0.39, 0.29) is 11.9 Å². The van der Waals surface area contributed by atoms with Crippen LogP contribution in [0.1, 0.15) is 130 Å². The molecule has 0 unspecified atom stereocenters. The summed E-state index contributed by atoms with van der Waals surface area (Å²) in [7, 11) is 1.78. The van der Waals surface area contributed by atoms with E-state index in [1.807, 2.05) is 0 Å². The van der Waals surface area contributed by atoms with Crippen LogP contribution in [-0.4, -0.2) is 50.8 Å². The van der Waals surface area contributed by atoms with Crippen molar-refractivity contribution in [3.05, 3.63) is 0 Å². The van der Waals surface area contributed by atoms with Gasteiger partial charge in [-0.2, -0.15) is 0 Å². The quantitative estimate of drug-likeness (QED) is 0.104. The first-order valence-corrected chi connectivity index (χ1v) is 14.1. The van der Waals surface area contributed by atoms with Gasteiger partial charge in [0.25, 0.3) is 0 Å². The van der Waals surface area contributed by atoms with Gasteiger partial charge in [-0.3, -0.25) is 4.79 Å². The van der Waals surface area contributed by atoms with Gasteiger partial charge < -0.3 is 14.4 Å². The Morgan fingerprint density at radius 1 is 0.625 bits per heavy atom. The van der Waals surface area contributed by atoms with E-state index in [2.05, 4.69) is 25.7 Å². The Bertz CT molecular complexity index is 377. The molecule has 0 radical (unpaired) electrons. The normalized spacial score (nSPS) is 11.6. The van der Waals surface area contributed by atoms with Crippen molar-refractivity contribution in [2.45, 2.75) is 130 Å². The third kappa shape index (κ3) is 20.0. The second-order valence-corrected chi connectivity index (χ2v) is 9.52. The van der Waals surface area contributed by atoms with Crippen LogP contribution in [0.3, 0.4) is 0 Å². The van der Waals surface area contributed by atoms with E-state index in [0.29, 0.717) is 6.61 Å². The molecule has 0 amide bonds. The molecular weight excluding hydrogens is 398 g/mol. The maximum atomic E-state index is 12.6. The van der Waals surface area contributed by atoms with Crippen molar-refractivity contribution < 1.29 is 14.3 Å². The van der Waals surface area contributed by atoms with Crippen LogP contribution in [0.5, 0.6) is 0 Å². The summed E-state index contributed by atoms with van der Waals surface area (Å²) >= 11 is 0. The fraction of sp³-hybridized carbons (Fsp3) is 0.964. The Kier molecular flexibility index (Phi) is 24.5. The molecule has 0 bridgehead atoms. The molecule has 0 rings (SSSR count). The van der Waals surface area contributed by atoms with Crippen LogP contribution in [-0.2, 0) is 14.3 Å². The summed E-state index contributed by atoms with van der Waals surface area (Å²) in [6, 6.07) is 0. The van der Waals surface area contributed by atoms with E-state index < -0.39 is 0 Å². The first-order chi connectivity index (χ1) is 15.7. The molecule has 0 aliphatic carbocycles. The highest BCUT2D eigenvalue weighted by Gasteiger charge is 2.19. The molecule has 0 saturated carbocycles. The van der Waals surface area contributed by atoms with Crippen molar-refractivity contribution in [3.63, 3.8) is 0 Å². The molecule has 4 heteroatoms. The molecule has 4 nitrogen and oxygen atoms in total. The lowest BCUT2D eigenvalue weighted by Gasteiger charge is -2.22. The van der Waals surface area contributed by atoms with Crippen molar-refractivity contribution in [2.24, 2.45) is 5.92 Å². The van der Waals surface area contributed by atoms with Crippen LogP contribution in [0.2, 0.25) is 0 Å². The Balaban J connectivity index is 4.02. The smallest absolute Gasteiger partial charge is 0.308 e. The zero-order valence-corrected chi connectivity index (χ0v) is 22.3. The zero-order valence-electron chi connectivity index (χ0n) is 22.3. The number of esters is 1. The number of methoxy groups -OCH3 is 1. The zero-order chi connectivity index (χ0) is 23.7. The Hall–Kier alpha value is -0.610. The average Bonchev–Trinajstić information content (AvgIpc) is 2.80. The molecule has 0 aliphatic heterocycles. The minimum absolute atomic E-state index is 0.0712. The lowest BCUT2D eigenvalue weighted by molar-refractivity contribution is -0.149. The van der Waals surface area contributed by atoms with Gasteiger partial charge in [-0.15, -0.1) is 0 Å². The number of hydrogen-bond acceptors (Lipinski definition) is 4. The van der Waals surface area contributed by atoms with Crippen molar-refractivity contribution in [2.75, 3.05) is 40.0 Å². The molecule has 32 heavy (non-hydrogen) atoms. The van der Waals surface area contributed by atoms with Gasteiger partial charge in [0, 0.05) is 20.3 Å². The van der Waals surface area contributed by atoms with Gasteiger partial charge >= 0.3 is 5.97 Å². The number of ether oxygens (including phenoxy) is 2. The van der Waals surface area contributed by atoms with Crippen molar-refractivity contribution in [1.29, 1.82) is 0 Å². The minimum atomic E-state index is 0.0712. The molecule has 192 valence electrons. The first kappa shape index (κ1) is 31.4. The molecule has 0 aromatic rings. The Labute approximate surface area is 201 Å². The summed E-state index contributed by atoms with van der Waals surface area (Å²) in [6.07, 6.45) is 20.2. The molecule has 0 aromatic carbocycles. The highest BCUT2D eigenvalue weighted by atomic mass is 16.5. The fourth-order valence-corrected chi connectivity index (χ4v) is 4.25. The summed E-state index contributed by atoms with van der Waals surface area (Å²) in [5.74, 6) is 0.199. The third-order valence-corrected chi connectivity index (χ3v) is 6.41. The van der Waals surface area contributed by atoms with E-state index in [9.17, 15) is 4.79 Å². The Morgan fingerprint density at radius 3 is 1.75 bits per heavy atom. The predicted molar refractivity (Wildman–Crippen MR) is 138 cm³/mol. The summed E-state index contributed by atoms with van der Waals surface area (Å²) in [4.78, 5) is 15.2. The predicted octanol–water partition coefficient (Wildman–Crippen LogP) is 7.79. The highest BCUT2D eigenvalue weighted by molar-refractivity contribution is 5.72. The number of rotatable bonds is 25. The Morgan fingerprint density at radius 2 is 1.16 bits per heavy atom. The summed E-state index contributed by atoms with van der Waals surface area (Å²) in [5.41, 5.74) is 0. The molecule has 0 N–H and O–H groups in total. The van der Waals surface area contributed by atoms with Gasteiger partial charge in [-0.25, -0.2) is 0 Å². The maximum absolute atomic E-state index is 12.6. The molecule has 0 atom stereocenters. The van der Waals surface area contributed by atoms with Crippen LogP contribution in [0, 0.1) is 5.92 Å². The van der Waals surface area contributed by atoms with Gasteiger partial charge in [0.2, 0.25) is 0 Å². The van der Waals surface area contributed by atoms with E-state index in [0.717, 1.165) is 45.3 Å². The number of hydrogen-bond donors (Lipinski definition) is 0. The van der Waals surface area contributed by atoms with Gasteiger partial charge in [0.05, 0.1) is 12.5 Å². The summed E-state index contributed by atoms with van der Waals surface area (Å²) in [5, 5.41) is 0. The van der Waals surface area contributed by atoms with Crippen LogP contribution >= 0.6 is 0 Å². The SMILES string of the molecule is CCCCCCC(CCCCCC)C(=O)OCCCCCCN(CCCC)CCCOC. The maximum Gasteiger partial charge on any atom is 0.308 e. The molecule has 0 aliphatic rings. The van der Waals surface area contributed by atoms with Crippen molar-refractivity contribution >= 4 is 5.97 Å². The van der Waals surface area contributed by atoms with Crippen molar-refractivity contribution in [3.8, 4) is 0 Å². The standard InChI is InChI=1S/C28H57NO3/c1-5-8-11-15-20-27(21-16-12-9-6-2)28(30)32-26-18-14-13-17-23-29(22-10-7-3)24-19-25-31-4/h27H,5-26H2,1-4H3. The number of unbranched alkanes of at least 4 members (excludes halogenated alkanes) is 10. The van der Waals surface area contributed by atoms with E-state index in [4.69, 9.17) is 9.47 Å². The molecule has 0 fully saturated rings. The van der Waals surface area contributed by atoms with Crippen LogP contribution in [0.15, 0.2) is 0 Å². The first-order valence-electron chi connectivity index (χ1n) is 14.1. The van der Waals surface area contributed by atoms with Gasteiger partial charge in [0.1, 0.15) is 0 Å². The molecule has 0 spiro atoms.